The zero-order valence-electron chi connectivity index (χ0n) is 16.6. The monoisotopic (exact) mass is 397 g/mol. The third-order valence-electron chi connectivity index (χ3n) is 6.04. The number of amides is 1. The molecule has 2 fully saturated rings. The lowest BCUT2D eigenvalue weighted by atomic mass is 9.88. The van der Waals surface area contributed by atoms with Crippen LogP contribution < -0.4 is 5.32 Å². The number of nitrogens with one attached hydrogen (secondary N) is 1. The quantitative estimate of drug-likeness (QED) is 0.814. The molecule has 6 heteroatoms. The third kappa shape index (κ3) is 5.40. The van der Waals surface area contributed by atoms with E-state index in [9.17, 15) is 9.18 Å². The molecule has 1 amide bonds. The van der Waals surface area contributed by atoms with Crippen molar-refractivity contribution in [3.8, 4) is 0 Å². The molecule has 154 valence electrons. The molecule has 2 saturated heterocycles. The third-order valence-corrected chi connectivity index (χ3v) is 6.04. The summed E-state index contributed by atoms with van der Waals surface area (Å²) >= 11 is 0. The lowest BCUT2D eigenvalue weighted by molar-refractivity contribution is -0.122. The first-order valence-electron chi connectivity index (χ1n) is 10.4. The van der Waals surface area contributed by atoms with E-state index in [2.05, 4.69) is 27.3 Å². The largest absolute Gasteiger partial charge is 0.370 e. The van der Waals surface area contributed by atoms with Crippen molar-refractivity contribution < 1.29 is 13.9 Å². The van der Waals surface area contributed by atoms with Gasteiger partial charge in [-0.15, -0.1) is 0 Å². The first-order valence-corrected chi connectivity index (χ1v) is 10.4. The summed E-state index contributed by atoms with van der Waals surface area (Å²) in [5, 5.41) is 2.95. The van der Waals surface area contributed by atoms with Crippen LogP contribution in [0.3, 0.4) is 0 Å². The van der Waals surface area contributed by atoms with Gasteiger partial charge >= 0.3 is 0 Å². The SMILES string of the molecule is O=C(Cc1cccc(F)c1)NC[C@H]1CCC2(CCN(Cc3ccncc3)CC2)O1. The fourth-order valence-electron chi connectivity index (χ4n) is 4.39. The van der Waals surface area contributed by atoms with E-state index >= 15 is 0 Å². The number of aromatic nitrogens is 1. The number of ether oxygens (including phenoxy) is 1. The van der Waals surface area contributed by atoms with E-state index in [1.54, 1.807) is 12.1 Å². The van der Waals surface area contributed by atoms with Crippen molar-refractivity contribution in [2.45, 2.75) is 50.4 Å². The van der Waals surface area contributed by atoms with Crippen molar-refractivity contribution in [3.63, 3.8) is 0 Å². The maximum Gasteiger partial charge on any atom is 0.224 e. The molecule has 1 N–H and O–H groups in total. The van der Waals surface area contributed by atoms with Crippen molar-refractivity contribution in [2.75, 3.05) is 19.6 Å². The molecule has 1 spiro atoms. The topological polar surface area (TPSA) is 54.5 Å². The van der Waals surface area contributed by atoms with Gasteiger partial charge in [-0.2, -0.15) is 0 Å². The lowest BCUT2D eigenvalue weighted by Crippen LogP contribution is -2.44. The summed E-state index contributed by atoms with van der Waals surface area (Å²) in [6, 6.07) is 10.3. The number of pyridine rings is 1. The fourth-order valence-corrected chi connectivity index (χ4v) is 4.39. The van der Waals surface area contributed by atoms with Crippen LogP contribution in [0, 0.1) is 5.82 Å². The smallest absolute Gasteiger partial charge is 0.224 e. The molecule has 0 bridgehead atoms. The van der Waals surface area contributed by atoms with Gasteiger partial charge < -0.3 is 10.1 Å². The Hall–Kier alpha value is -2.31. The summed E-state index contributed by atoms with van der Waals surface area (Å²) in [7, 11) is 0. The van der Waals surface area contributed by atoms with E-state index in [1.807, 2.05) is 12.4 Å². The average Bonchev–Trinajstić information content (AvgIpc) is 3.12. The van der Waals surface area contributed by atoms with Crippen LogP contribution in [0.25, 0.3) is 0 Å². The Kier molecular flexibility index (Phi) is 6.21. The predicted octanol–water partition coefficient (Wildman–Crippen LogP) is 3.09. The van der Waals surface area contributed by atoms with Gasteiger partial charge in [-0.05, 0) is 61.1 Å². The Balaban J connectivity index is 1.20. The molecule has 2 aliphatic rings. The Morgan fingerprint density at radius 2 is 1.97 bits per heavy atom. The highest BCUT2D eigenvalue weighted by Crippen LogP contribution is 2.39. The van der Waals surface area contributed by atoms with Crippen molar-refractivity contribution in [2.24, 2.45) is 0 Å². The molecule has 0 saturated carbocycles. The molecule has 1 aromatic heterocycles. The van der Waals surface area contributed by atoms with Crippen molar-refractivity contribution >= 4 is 5.91 Å². The summed E-state index contributed by atoms with van der Waals surface area (Å²) < 4.78 is 19.6. The highest BCUT2D eigenvalue weighted by molar-refractivity contribution is 5.78. The van der Waals surface area contributed by atoms with Crippen molar-refractivity contribution in [1.29, 1.82) is 0 Å². The molecule has 1 aromatic carbocycles. The van der Waals surface area contributed by atoms with E-state index < -0.39 is 0 Å². The second kappa shape index (κ2) is 9.01. The van der Waals surface area contributed by atoms with Crippen LogP contribution in [0.1, 0.15) is 36.8 Å². The number of piperidine rings is 1. The second-order valence-corrected chi connectivity index (χ2v) is 8.20. The molecule has 4 rings (SSSR count). The Bertz CT molecular complexity index is 822. The Morgan fingerprint density at radius 1 is 1.17 bits per heavy atom. The summed E-state index contributed by atoms with van der Waals surface area (Å²) in [4.78, 5) is 18.7. The highest BCUT2D eigenvalue weighted by Gasteiger charge is 2.42. The van der Waals surface area contributed by atoms with Crippen LogP contribution in [-0.4, -0.2) is 47.1 Å². The van der Waals surface area contributed by atoms with Crippen molar-refractivity contribution in [3.05, 3.63) is 65.7 Å². The van der Waals surface area contributed by atoms with E-state index in [4.69, 9.17) is 4.74 Å². The van der Waals surface area contributed by atoms with E-state index in [1.165, 1.54) is 17.7 Å². The van der Waals surface area contributed by atoms with Gasteiger partial charge in [-0.1, -0.05) is 12.1 Å². The Morgan fingerprint density at radius 3 is 2.72 bits per heavy atom. The molecule has 0 radical (unpaired) electrons. The number of nitrogens with zero attached hydrogens (tertiary/aromatic N) is 2. The average molecular weight is 397 g/mol. The van der Waals surface area contributed by atoms with Gasteiger partial charge in [0, 0.05) is 38.6 Å². The number of carbonyl (C=O) groups excluding carboxylic acids is 1. The molecular formula is C23H28FN3O2. The summed E-state index contributed by atoms with van der Waals surface area (Å²) in [5.74, 6) is -0.404. The number of rotatable bonds is 6. The van der Waals surface area contributed by atoms with Crippen LogP contribution in [0.5, 0.6) is 0 Å². The van der Waals surface area contributed by atoms with E-state index in [-0.39, 0.29) is 29.9 Å². The lowest BCUT2D eigenvalue weighted by Gasteiger charge is -2.39. The maximum absolute atomic E-state index is 13.2. The van der Waals surface area contributed by atoms with Gasteiger partial charge in [0.15, 0.2) is 0 Å². The molecule has 5 nitrogen and oxygen atoms in total. The van der Waals surface area contributed by atoms with Gasteiger partial charge in [0.25, 0.3) is 0 Å². The second-order valence-electron chi connectivity index (χ2n) is 8.20. The molecule has 2 aliphatic heterocycles. The van der Waals surface area contributed by atoms with Gasteiger partial charge in [-0.25, -0.2) is 4.39 Å². The number of hydrogen-bond acceptors (Lipinski definition) is 4. The summed E-state index contributed by atoms with van der Waals surface area (Å²) in [5.41, 5.74) is 1.95. The number of likely N-dealkylation sites (tertiary alicyclic amines) is 1. The van der Waals surface area contributed by atoms with Crippen LogP contribution in [0.4, 0.5) is 4.39 Å². The van der Waals surface area contributed by atoms with E-state index in [0.717, 1.165) is 45.3 Å². The van der Waals surface area contributed by atoms with Gasteiger partial charge in [0.2, 0.25) is 5.91 Å². The van der Waals surface area contributed by atoms with Crippen LogP contribution in [0.2, 0.25) is 0 Å². The summed E-state index contributed by atoms with van der Waals surface area (Å²) in [6.07, 6.45) is 8.04. The van der Waals surface area contributed by atoms with Gasteiger partial charge in [-0.3, -0.25) is 14.7 Å². The number of benzene rings is 1. The van der Waals surface area contributed by atoms with Gasteiger partial charge in [0.1, 0.15) is 5.82 Å². The zero-order valence-corrected chi connectivity index (χ0v) is 16.6. The molecule has 0 aliphatic carbocycles. The molecular weight excluding hydrogens is 369 g/mol. The van der Waals surface area contributed by atoms with Crippen LogP contribution in [0.15, 0.2) is 48.8 Å². The highest BCUT2D eigenvalue weighted by atomic mass is 19.1. The predicted molar refractivity (Wildman–Crippen MR) is 109 cm³/mol. The minimum atomic E-state index is -0.313. The van der Waals surface area contributed by atoms with Crippen molar-refractivity contribution in [1.82, 2.24) is 15.2 Å². The number of hydrogen-bond donors (Lipinski definition) is 1. The zero-order chi connectivity index (χ0) is 20.1. The number of halogens is 1. The molecule has 29 heavy (non-hydrogen) atoms. The van der Waals surface area contributed by atoms with Crippen LogP contribution in [-0.2, 0) is 22.5 Å². The Labute approximate surface area is 171 Å². The molecule has 1 atom stereocenters. The van der Waals surface area contributed by atoms with E-state index in [0.29, 0.717) is 12.1 Å². The maximum atomic E-state index is 13.2. The minimum absolute atomic E-state index is 0.0350. The first kappa shape index (κ1) is 20.0. The minimum Gasteiger partial charge on any atom is -0.370 e. The summed E-state index contributed by atoms with van der Waals surface area (Å²) in [6.45, 7) is 3.54. The number of carbonyl (C=O) groups is 1. The molecule has 0 unspecified atom stereocenters. The first-order chi connectivity index (χ1) is 14.1. The van der Waals surface area contributed by atoms with Gasteiger partial charge in [0.05, 0.1) is 18.1 Å². The normalized spacial score (nSPS) is 21.3. The standard InChI is InChI=1S/C23H28FN3O2/c24-20-3-1-2-19(14-20)15-22(28)26-16-21-4-7-23(29-21)8-12-27(13-9-23)17-18-5-10-25-11-6-18/h1-3,5-6,10-11,14,21H,4,7-9,12-13,15-17H2,(H,26,28)/t21-/m1/s1. The molecule has 2 aromatic rings. The molecule has 3 heterocycles. The fraction of sp³-hybridized carbons (Fsp3) is 0.478. The van der Waals surface area contributed by atoms with Crippen LogP contribution >= 0.6 is 0 Å².